The second-order valence-electron chi connectivity index (χ2n) is 7.87. The predicted molar refractivity (Wildman–Crippen MR) is 125 cm³/mol. The Hall–Kier alpha value is -3.74. The summed E-state index contributed by atoms with van der Waals surface area (Å²) in [6.45, 7) is 8.05. The highest BCUT2D eigenvalue weighted by molar-refractivity contribution is 6.13. The number of fused-ring (bicyclic) bond motifs is 1. The summed E-state index contributed by atoms with van der Waals surface area (Å²) in [6, 6.07) is 2.40. The molecule has 0 aliphatic rings. The van der Waals surface area contributed by atoms with E-state index in [9.17, 15) is 27.2 Å². The summed E-state index contributed by atoms with van der Waals surface area (Å²) >= 11 is 0. The van der Waals surface area contributed by atoms with Crippen LogP contribution >= 0.6 is 0 Å². The molecular weight excluding hydrogens is 484 g/mol. The second-order valence-corrected chi connectivity index (χ2v) is 7.87. The van der Waals surface area contributed by atoms with Gasteiger partial charge in [0.1, 0.15) is 18.1 Å². The Kier molecular flexibility index (Phi) is 8.13. The fraction of sp³-hybridized carbons (Fsp3) is 0.391. The predicted octanol–water partition coefficient (Wildman–Crippen LogP) is 4.35. The molecule has 9 nitrogen and oxygen atoms in total. The molecule has 2 heterocycles. The minimum atomic E-state index is -4.96. The number of aryl methyl sites for hydroxylation is 2. The SMILES string of the molecule is CCN(CC)CCOc1nc2c(cc1N(C=O)C(=O)Nc1ccc(F)c(C(F)(F)F)c1)c(C)nn2C. The second kappa shape index (κ2) is 10.9. The lowest BCUT2D eigenvalue weighted by Gasteiger charge is -2.21. The van der Waals surface area contributed by atoms with Gasteiger partial charge in [-0.1, -0.05) is 13.8 Å². The minimum absolute atomic E-state index is 0.0243. The van der Waals surface area contributed by atoms with Crippen LogP contribution in [0.4, 0.5) is 33.7 Å². The zero-order valence-corrected chi connectivity index (χ0v) is 20.2. The molecule has 3 rings (SSSR count). The molecule has 1 aromatic carbocycles. The average molecular weight is 510 g/mol. The molecule has 0 aliphatic carbocycles. The molecule has 0 atom stereocenters. The third kappa shape index (κ3) is 5.73. The normalized spacial score (nSPS) is 11.7. The summed E-state index contributed by atoms with van der Waals surface area (Å²) in [5.74, 6) is -1.52. The lowest BCUT2D eigenvalue weighted by Crippen LogP contribution is -2.34. The smallest absolute Gasteiger partial charge is 0.419 e. The van der Waals surface area contributed by atoms with Crippen molar-refractivity contribution in [3.8, 4) is 5.88 Å². The zero-order chi connectivity index (χ0) is 26.6. The van der Waals surface area contributed by atoms with Crippen molar-refractivity contribution < 1.29 is 31.9 Å². The van der Waals surface area contributed by atoms with Gasteiger partial charge in [-0.05, 0) is 44.3 Å². The number of hydrogen-bond acceptors (Lipinski definition) is 6. The number of aromatic nitrogens is 3. The molecule has 3 amide bonds. The van der Waals surface area contributed by atoms with E-state index in [0.29, 0.717) is 40.3 Å². The molecule has 1 N–H and O–H groups in total. The quantitative estimate of drug-likeness (QED) is 0.340. The van der Waals surface area contributed by atoms with Crippen LogP contribution in [0.25, 0.3) is 11.0 Å². The number of halogens is 4. The first-order chi connectivity index (χ1) is 17.0. The van der Waals surface area contributed by atoms with Crippen molar-refractivity contribution in [3.05, 3.63) is 41.3 Å². The number of carbonyl (C=O) groups is 2. The molecular formula is C23H26F4N6O3. The van der Waals surface area contributed by atoms with E-state index in [1.807, 2.05) is 13.8 Å². The number of alkyl halides is 3. The van der Waals surface area contributed by atoms with Crippen LogP contribution < -0.4 is 15.0 Å². The molecule has 0 spiro atoms. The summed E-state index contributed by atoms with van der Waals surface area (Å²) in [6.07, 6.45) is -4.77. The van der Waals surface area contributed by atoms with Crippen LogP contribution in [0.5, 0.6) is 5.88 Å². The highest BCUT2D eigenvalue weighted by Gasteiger charge is 2.34. The highest BCUT2D eigenvalue weighted by atomic mass is 19.4. The molecule has 0 saturated carbocycles. The van der Waals surface area contributed by atoms with Crippen molar-refractivity contribution in [2.45, 2.75) is 26.9 Å². The van der Waals surface area contributed by atoms with E-state index < -0.39 is 23.6 Å². The van der Waals surface area contributed by atoms with Crippen molar-refractivity contribution in [2.24, 2.45) is 7.05 Å². The molecule has 0 radical (unpaired) electrons. The van der Waals surface area contributed by atoms with E-state index in [1.54, 1.807) is 14.0 Å². The van der Waals surface area contributed by atoms with Crippen molar-refractivity contribution in [1.82, 2.24) is 19.7 Å². The Balaban J connectivity index is 1.97. The largest absolute Gasteiger partial charge is 0.475 e. The van der Waals surface area contributed by atoms with Gasteiger partial charge >= 0.3 is 12.2 Å². The van der Waals surface area contributed by atoms with Gasteiger partial charge in [0.05, 0.1) is 11.3 Å². The monoisotopic (exact) mass is 510 g/mol. The van der Waals surface area contributed by atoms with E-state index in [1.165, 1.54) is 10.7 Å². The standard InChI is InChI=1S/C23H26F4N6O3/c1-5-32(6-2)9-10-36-21-19(12-16-14(3)30-31(4)20(16)29-21)33(13-34)22(35)28-15-7-8-18(24)17(11-15)23(25,26)27/h7-8,11-13H,5-6,9-10H2,1-4H3,(H,28,35). The van der Waals surface area contributed by atoms with Crippen LogP contribution in [-0.4, -0.2) is 58.3 Å². The van der Waals surface area contributed by atoms with Gasteiger partial charge in [-0.15, -0.1) is 0 Å². The Bertz CT molecular complexity index is 1260. The summed E-state index contributed by atoms with van der Waals surface area (Å²) in [4.78, 5) is 32.1. The van der Waals surface area contributed by atoms with Crippen LogP contribution in [0.1, 0.15) is 25.1 Å². The first kappa shape index (κ1) is 26.9. The molecule has 0 unspecified atom stereocenters. The molecule has 0 aliphatic heterocycles. The third-order valence-corrected chi connectivity index (χ3v) is 5.59. The highest BCUT2D eigenvalue weighted by Crippen LogP contribution is 2.34. The van der Waals surface area contributed by atoms with Crippen molar-refractivity contribution >= 4 is 34.8 Å². The molecule has 36 heavy (non-hydrogen) atoms. The topological polar surface area (TPSA) is 92.6 Å². The molecule has 0 saturated heterocycles. The number of ether oxygens (including phenoxy) is 1. The molecule has 0 bridgehead atoms. The Labute approximate surface area is 204 Å². The number of likely N-dealkylation sites (N-methyl/N-ethyl adjacent to an activating group) is 1. The van der Waals surface area contributed by atoms with Crippen LogP contribution in [0, 0.1) is 12.7 Å². The number of nitrogens with one attached hydrogen (secondary N) is 1. The molecule has 13 heteroatoms. The molecule has 0 fully saturated rings. The van der Waals surface area contributed by atoms with Gasteiger partial charge < -0.3 is 15.0 Å². The van der Waals surface area contributed by atoms with Crippen molar-refractivity contribution in [3.63, 3.8) is 0 Å². The fourth-order valence-electron chi connectivity index (χ4n) is 3.62. The number of benzene rings is 1. The van der Waals surface area contributed by atoms with Gasteiger partial charge in [-0.3, -0.25) is 9.48 Å². The number of urea groups is 1. The van der Waals surface area contributed by atoms with Gasteiger partial charge in [0.2, 0.25) is 12.3 Å². The van der Waals surface area contributed by atoms with Gasteiger partial charge in [0.25, 0.3) is 0 Å². The van der Waals surface area contributed by atoms with Crippen LogP contribution in [0.2, 0.25) is 0 Å². The van der Waals surface area contributed by atoms with Crippen molar-refractivity contribution in [1.29, 1.82) is 0 Å². The first-order valence-electron chi connectivity index (χ1n) is 11.1. The molecule has 3 aromatic rings. The molecule has 2 aromatic heterocycles. The maximum atomic E-state index is 13.6. The van der Waals surface area contributed by atoms with Gasteiger partial charge in [-0.2, -0.15) is 23.3 Å². The van der Waals surface area contributed by atoms with E-state index in [0.717, 1.165) is 19.2 Å². The van der Waals surface area contributed by atoms with E-state index in [2.05, 4.69) is 20.3 Å². The number of rotatable bonds is 9. The summed E-state index contributed by atoms with van der Waals surface area (Å²) in [5, 5.41) is 7.03. The maximum absolute atomic E-state index is 13.6. The fourth-order valence-corrected chi connectivity index (χ4v) is 3.62. The number of amides is 3. The van der Waals surface area contributed by atoms with E-state index in [4.69, 9.17) is 4.74 Å². The van der Waals surface area contributed by atoms with Crippen molar-refractivity contribution in [2.75, 3.05) is 36.5 Å². The van der Waals surface area contributed by atoms with Crippen LogP contribution in [0.3, 0.4) is 0 Å². The van der Waals surface area contributed by atoms with E-state index >= 15 is 0 Å². The lowest BCUT2D eigenvalue weighted by molar-refractivity contribution is -0.139. The number of anilines is 2. The van der Waals surface area contributed by atoms with E-state index in [-0.39, 0.29) is 30.3 Å². The first-order valence-corrected chi connectivity index (χ1v) is 11.1. The van der Waals surface area contributed by atoms with Gasteiger partial charge in [0, 0.05) is 24.7 Å². The Morgan fingerprint density at radius 1 is 1.22 bits per heavy atom. The number of nitrogens with zero attached hydrogens (tertiary/aromatic N) is 5. The number of imide groups is 1. The van der Waals surface area contributed by atoms with Crippen LogP contribution in [-0.2, 0) is 18.0 Å². The molecule has 194 valence electrons. The zero-order valence-electron chi connectivity index (χ0n) is 20.2. The maximum Gasteiger partial charge on any atom is 0.419 e. The van der Waals surface area contributed by atoms with Gasteiger partial charge in [-0.25, -0.2) is 14.1 Å². The summed E-state index contributed by atoms with van der Waals surface area (Å²) in [7, 11) is 1.68. The minimum Gasteiger partial charge on any atom is -0.475 e. The number of pyridine rings is 1. The third-order valence-electron chi connectivity index (χ3n) is 5.59. The summed E-state index contributed by atoms with van der Waals surface area (Å²) in [5.41, 5.74) is -0.892. The number of hydrogen-bond donors (Lipinski definition) is 1. The number of carbonyl (C=O) groups excluding carboxylic acids is 2. The van der Waals surface area contributed by atoms with Crippen LogP contribution in [0.15, 0.2) is 24.3 Å². The average Bonchev–Trinajstić information content (AvgIpc) is 3.10. The Morgan fingerprint density at radius 3 is 2.53 bits per heavy atom. The van der Waals surface area contributed by atoms with Gasteiger partial charge in [0.15, 0.2) is 5.65 Å². The summed E-state index contributed by atoms with van der Waals surface area (Å²) < 4.78 is 60.2. The lowest BCUT2D eigenvalue weighted by atomic mass is 10.2. The Morgan fingerprint density at radius 2 is 1.92 bits per heavy atom.